The highest BCUT2D eigenvalue weighted by Gasteiger charge is 2.00. The number of benzene rings is 1. The fourth-order valence-electron chi connectivity index (χ4n) is 1.47. The third kappa shape index (κ3) is 5.58. The van der Waals surface area contributed by atoms with Gasteiger partial charge in [-0.25, -0.2) is 0 Å². The van der Waals surface area contributed by atoms with Crippen molar-refractivity contribution in [3.8, 4) is 5.75 Å². The maximum Gasteiger partial charge on any atom is 0.244 e. The van der Waals surface area contributed by atoms with Crippen LogP contribution in [0.4, 0.5) is 5.69 Å². The predicted octanol–water partition coefficient (Wildman–Crippen LogP) is 1.35. The number of carbonyl (C=O) groups excluding carboxylic acids is 1. The fourth-order valence-corrected chi connectivity index (χ4v) is 1.47. The molecule has 0 radical (unpaired) electrons. The maximum absolute atomic E-state index is 11.4. The largest absolute Gasteiger partial charge is 0.487 e. The number of hydrogen-bond donors (Lipinski definition) is 3. The molecule has 5 heteroatoms. The summed E-state index contributed by atoms with van der Waals surface area (Å²) in [5.74, 6) is 0.387. The summed E-state index contributed by atoms with van der Waals surface area (Å²) in [5.41, 5.74) is 7.17. The summed E-state index contributed by atoms with van der Waals surface area (Å²) in [6, 6.07) is 5.30. The molecular weight excluding hydrogens is 256 g/mol. The number of nitrogens with one attached hydrogen (secondary N) is 1. The van der Waals surface area contributed by atoms with E-state index in [2.05, 4.69) is 11.9 Å². The number of nitrogen functional groups attached to an aromatic ring is 1. The van der Waals surface area contributed by atoms with Crippen LogP contribution in [0.5, 0.6) is 5.75 Å². The van der Waals surface area contributed by atoms with Crippen molar-refractivity contribution in [2.45, 2.75) is 6.42 Å². The van der Waals surface area contributed by atoms with E-state index in [1.807, 2.05) is 6.07 Å². The second-order valence-electron chi connectivity index (χ2n) is 4.10. The van der Waals surface area contributed by atoms with Crippen LogP contribution in [0.2, 0.25) is 0 Å². The normalized spacial score (nSPS) is 10.4. The van der Waals surface area contributed by atoms with Crippen LogP contribution in [0.15, 0.2) is 36.9 Å². The summed E-state index contributed by atoms with van der Waals surface area (Å²) in [5, 5.41) is 11.3. The van der Waals surface area contributed by atoms with E-state index in [0.29, 0.717) is 31.0 Å². The Morgan fingerprint density at radius 2 is 2.30 bits per heavy atom. The number of amides is 1. The van der Waals surface area contributed by atoms with E-state index in [0.717, 1.165) is 5.56 Å². The zero-order valence-corrected chi connectivity index (χ0v) is 11.3. The summed E-state index contributed by atoms with van der Waals surface area (Å²) in [4.78, 5) is 11.4. The molecule has 0 atom stereocenters. The first-order chi connectivity index (χ1) is 9.67. The number of aliphatic hydroxyl groups excluding tert-OH is 1. The average molecular weight is 276 g/mol. The van der Waals surface area contributed by atoms with Crippen LogP contribution in [0.3, 0.4) is 0 Å². The third-order valence-corrected chi connectivity index (χ3v) is 2.45. The van der Waals surface area contributed by atoms with Gasteiger partial charge < -0.3 is 20.9 Å². The van der Waals surface area contributed by atoms with Gasteiger partial charge in [-0.15, -0.1) is 0 Å². The highest BCUT2D eigenvalue weighted by molar-refractivity contribution is 5.91. The number of rotatable bonds is 8. The smallest absolute Gasteiger partial charge is 0.244 e. The first-order valence-corrected chi connectivity index (χ1v) is 6.37. The molecular formula is C15H20N2O3. The van der Waals surface area contributed by atoms with E-state index in [4.69, 9.17) is 15.6 Å². The Bertz CT molecular complexity index is 484. The SMILES string of the molecule is C=CCOc1ccc(/C=C\C(=O)NCCCO)cc1N. The Balaban J connectivity index is 2.57. The Kier molecular flexibility index (Phi) is 6.92. The molecule has 0 unspecified atom stereocenters. The van der Waals surface area contributed by atoms with Crippen molar-refractivity contribution < 1.29 is 14.6 Å². The minimum Gasteiger partial charge on any atom is -0.487 e. The van der Waals surface area contributed by atoms with Gasteiger partial charge in [0.1, 0.15) is 12.4 Å². The summed E-state index contributed by atoms with van der Waals surface area (Å²) in [6.45, 7) is 4.48. The number of nitrogens with two attached hydrogens (primary N) is 1. The summed E-state index contributed by atoms with van der Waals surface area (Å²) in [6.07, 6.45) is 5.28. The number of hydrogen-bond acceptors (Lipinski definition) is 4. The second kappa shape index (κ2) is 8.77. The molecule has 0 heterocycles. The molecule has 0 aliphatic heterocycles. The van der Waals surface area contributed by atoms with E-state index < -0.39 is 0 Å². The highest BCUT2D eigenvalue weighted by atomic mass is 16.5. The van der Waals surface area contributed by atoms with Crippen molar-refractivity contribution in [2.24, 2.45) is 0 Å². The molecule has 0 spiro atoms. The fraction of sp³-hybridized carbons (Fsp3) is 0.267. The standard InChI is InChI=1S/C15H20N2O3/c1-2-10-20-14-6-4-12(11-13(14)16)5-7-15(19)17-8-3-9-18/h2,4-7,11,18H,1,3,8-10,16H2,(H,17,19)/b7-5-. The van der Waals surface area contributed by atoms with Gasteiger partial charge in [-0.05, 0) is 30.2 Å². The molecule has 0 bridgehead atoms. The van der Waals surface area contributed by atoms with Crippen molar-refractivity contribution in [3.63, 3.8) is 0 Å². The van der Waals surface area contributed by atoms with Gasteiger partial charge in [-0.1, -0.05) is 18.7 Å². The van der Waals surface area contributed by atoms with Crippen molar-refractivity contribution >= 4 is 17.7 Å². The van der Waals surface area contributed by atoms with E-state index in [9.17, 15) is 4.79 Å². The van der Waals surface area contributed by atoms with Crippen LogP contribution in [0, 0.1) is 0 Å². The van der Waals surface area contributed by atoms with Gasteiger partial charge in [0.25, 0.3) is 0 Å². The van der Waals surface area contributed by atoms with Crippen LogP contribution in [-0.4, -0.2) is 30.8 Å². The molecule has 108 valence electrons. The van der Waals surface area contributed by atoms with Gasteiger partial charge in [-0.3, -0.25) is 4.79 Å². The van der Waals surface area contributed by atoms with Crippen LogP contribution in [0.1, 0.15) is 12.0 Å². The summed E-state index contributed by atoms with van der Waals surface area (Å²) >= 11 is 0. The molecule has 1 aromatic carbocycles. The highest BCUT2D eigenvalue weighted by Crippen LogP contribution is 2.23. The second-order valence-corrected chi connectivity index (χ2v) is 4.10. The Morgan fingerprint density at radius 3 is 2.95 bits per heavy atom. The van der Waals surface area contributed by atoms with E-state index in [-0.39, 0.29) is 12.5 Å². The van der Waals surface area contributed by atoms with Crippen molar-refractivity contribution in [1.29, 1.82) is 0 Å². The molecule has 0 saturated heterocycles. The zero-order chi connectivity index (χ0) is 14.8. The third-order valence-electron chi connectivity index (χ3n) is 2.45. The molecule has 0 aromatic heterocycles. The molecule has 1 rings (SSSR count). The van der Waals surface area contributed by atoms with Gasteiger partial charge in [0.15, 0.2) is 0 Å². The molecule has 5 nitrogen and oxygen atoms in total. The molecule has 1 aromatic rings. The molecule has 20 heavy (non-hydrogen) atoms. The van der Waals surface area contributed by atoms with Crippen molar-refractivity contribution in [2.75, 3.05) is 25.5 Å². The lowest BCUT2D eigenvalue weighted by Crippen LogP contribution is -2.22. The minimum absolute atomic E-state index is 0.0622. The lowest BCUT2D eigenvalue weighted by Gasteiger charge is -2.07. The van der Waals surface area contributed by atoms with Crippen LogP contribution < -0.4 is 15.8 Å². The van der Waals surface area contributed by atoms with Crippen LogP contribution in [-0.2, 0) is 4.79 Å². The molecule has 1 amide bonds. The summed E-state index contributed by atoms with van der Waals surface area (Å²) in [7, 11) is 0. The molecule has 0 aliphatic rings. The Labute approximate surface area is 118 Å². The van der Waals surface area contributed by atoms with Gasteiger partial charge in [0.2, 0.25) is 5.91 Å². The molecule has 4 N–H and O–H groups in total. The minimum atomic E-state index is -0.205. The average Bonchev–Trinajstić information content (AvgIpc) is 2.44. The zero-order valence-electron chi connectivity index (χ0n) is 11.3. The maximum atomic E-state index is 11.4. The molecule has 0 aliphatic carbocycles. The number of carbonyl (C=O) groups is 1. The van der Waals surface area contributed by atoms with Gasteiger partial charge >= 0.3 is 0 Å². The van der Waals surface area contributed by atoms with Crippen molar-refractivity contribution in [1.82, 2.24) is 5.32 Å². The van der Waals surface area contributed by atoms with E-state index in [1.54, 1.807) is 24.3 Å². The topological polar surface area (TPSA) is 84.6 Å². The van der Waals surface area contributed by atoms with E-state index >= 15 is 0 Å². The number of ether oxygens (including phenoxy) is 1. The lowest BCUT2D eigenvalue weighted by molar-refractivity contribution is -0.116. The van der Waals surface area contributed by atoms with Gasteiger partial charge in [0.05, 0.1) is 5.69 Å². The number of aliphatic hydroxyl groups is 1. The lowest BCUT2D eigenvalue weighted by atomic mass is 10.1. The number of anilines is 1. The van der Waals surface area contributed by atoms with E-state index in [1.165, 1.54) is 6.08 Å². The monoisotopic (exact) mass is 276 g/mol. The Hall–Kier alpha value is -2.27. The predicted molar refractivity (Wildman–Crippen MR) is 80.3 cm³/mol. The van der Waals surface area contributed by atoms with Crippen LogP contribution >= 0.6 is 0 Å². The van der Waals surface area contributed by atoms with Gasteiger partial charge in [0, 0.05) is 19.2 Å². The first-order valence-electron chi connectivity index (χ1n) is 6.37. The summed E-state index contributed by atoms with van der Waals surface area (Å²) < 4.78 is 5.36. The van der Waals surface area contributed by atoms with Crippen LogP contribution in [0.25, 0.3) is 6.08 Å². The Morgan fingerprint density at radius 1 is 1.50 bits per heavy atom. The first kappa shape index (κ1) is 15.8. The molecule has 0 fully saturated rings. The molecule has 0 saturated carbocycles. The quantitative estimate of drug-likeness (QED) is 0.289. The van der Waals surface area contributed by atoms with Crippen molar-refractivity contribution in [3.05, 3.63) is 42.5 Å². The van der Waals surface area contributed by atoms with Gasteiger partial charge in [-0.2, -0.15) is 0 Å².